The average molecular weight is 432 g/mol. The maximum atomic E-state index is 13.3. The Morgan fingerprint density at radius 3 is 2.27 bits per heavy atom. The van der Waals surface area contributed by atoms with Crippen LogP contribution in [-0.2, 0) is 16.0 Å². The van der Waals surface area contributed by atoms with Gasteiger partial charge < -0.3 is 19.0 Å². The molecule has 0 amide bonds. The molecule has 0 fully saturated rings. The Labute approximate surface area is 180 Å². The third kappa shape index (κ3) is 4.84. The van der Waals surface area contributed by atoms with Gasteiger partial charge in [0.25, 0.3) is 0 Å². The average Bonchev–Trinajstić information content (AvgIpc) is 2.73. The molecule has 0 aliphatic carbocycles. The molecule has 160 valence electrons. The van der Waals surface area contributed by atoms with Crippen molar-refractivity contribution in [3.63, 3.8) is 0 Å². The first-order valence-corrected chi connectivity index (χ1v) is 10.1. The number of aromatic hydroxyl groups is 1. The van der Waals surface area contributed by atoms with Gasteiger partial charge in [0.15, 0.2) is 0 Å². The Balaban J connectivity index is 2.08. The zero-order valence-corrected chi connectivity index (χ0v) is 18.2. The minimum absolute atomic E-state index is 0.0872. The topological polar surface area (TPSA) is 72.1 Å². The number of hydrogen-bond donors (Lipinski definition) is 1. The molecule has 0 saturated carbocycles. The van der Waals surface area contributed by atoms with Gasteiger partial charge in [-0.05, 0) is 36.8 Å². The molecule has 1 N–H and O–H groups in total. The highest BCUT2D eigenvalue weighted by atomic mass is 35.5. The highest BCUT2D eigenvalue weighted by molar-refractivity contribution is 6.30. The molecule has 0 atom stereocenters. The number of benzene rings is 2. The number of ether oxygens (including phenoxy) is 2. The molecule has 0 radical (unpaired) electrons. The van der Waals surface area contributed by atoms with Gasteiger partial charge in [0, 0.05) is 38.9 Å². The van der Waals surface area contributed by atoms with Crippen molar-refractivity contribution in [3.8, 4) is 16.9 Å². The molecule has 0 bridgehead atoms. The van der Waals surface area contributed by atoms with Crippen molar-refractivity contribution in [1.29, 1.82) is 0 Å². The lowest BCUT2D eigenvalue weighted by atomic mass is 10.0. The van der Waals surface area contributed by atoms with Crippen LogP contribution in [0, 0.1) is 6.92 Å². The smallest absolute Gasteiger partial charge is 0.200 e. The summed E-state index contributed by atoms with van der Waals surface area (Å²) in [6.45, 7) is 4.55. The van der Waals surface area contributed by atoms with Crippen molar-refractivity contribution in [2.24, 2.45) is 0 Å². The number of phenols is 1. The monoisotopic (exact) mass is 431 g/mol. The molecule has 6 nitrogen and oxygen atoms in total. The minimum atomic E-state index is -0.141. The van der Waals surface area contributed by atoms with Gasteiger partial charge in [-0.25, -0.2) is 0 Å². The molecular weight excluding hydrogens is 406 g/mol. The first kappa shape index (κ1) is 22.3. The van der Waals surface area contributed by atoms with Crippen LogP contribution in [0.4, 0.5) is 0 Å². The Morgan fingerprint density at radius 2 is 1.67 bits per heavy atom. The van der Waals surface area contributed by atoms with Gasteiger partial charge in [-0.2, -0.15) is 0 Å². The van der Waals surface area contributed by atoms with Crippen LogP contribution in [0.25, 0.3) is 22.1 Å². The Kier molecular flexibility index (Phi) is 7.50. The number of phenolic OH excluding ortho intramolecular Hbond substituents is 1. The number of hydrogen-bond acceptors (Lipinski definition) is 6. The number of nitrogens with zero attached hydrogens (tertiary/aromatic N) is 1. The van der Waals surface area contributed by atoms with Crippen LogP contribution in [0.1, 0.15) is 11.3 Å². The third-order valence-corrected chi connectivity index (χ3v) is 5.30. The van der Waals surface area contributed by atoms with Crippen molar-refractivity contribution in [1.82, 2.24) is 4.90 Å². The maximum Gasteiger partial charge on any atom is 0.200 e. The predicted molar refractivity (Wildman–Crippen MR) is 118 cm³/mol. The van der Waals surface area contributed by atoms with Gasteiger partial charge in [0.2, 0.25) is 5.43 Å². The fourth-order valence-corrected chi connectivity index (χ4v) is 3.58. The number of methoxy groups -OCH3 is 2. The van der Waals surface area contributed by atoms with E-state index < -0.39 is 0 Å². The maximum absolute atomic E-state index is 13.3. The summed E-state index contributed by atoms with van der Waals surface area (Å²) in [7, 11) is 3.29. The molecule has 7 heteroatoms. The molecule has 1 heterocycles. The van der Waals surface area contributed by atoms with Crippen LogP contribution in [0.15, 0.2) is 45.6 Å². The van der Waals surface area contributed by atoms with Crippen LogP contribution in [-0.4, -0.2) is 50.5 Å². The van der Waals surface area contributed by atoms with E-state index in [4.69, 9.17) is 25.5 Å². The van der Waals surface area contributed by atoms with Crippen LogP contribution in [0.2, 0.25) is 5.02 Å². The largest absolute Gasteiger partial charge is 0.507 e. The third-order valence-electron chi connectivity index (χ3n) is 5.05. The summed E-state index contributed by atoms with van der Waals surface area (Å²) in [5.41, 5.74) is 2.06. The van der Waals surface area contributed by atoms with E-state index >= 15 is 0 Å². The van der Waals surface area contributed by atoms with E-state index in [1.54, 1.807) is 57.5 Å². The van der Waals surface area contributed by atoms with Gasteiger partial charge >= 0.3 is 0 Å². The van der Waals surface area contributed by atoms with Crippen molar-refractivity contribution in [2.45, 2.75) is 13.5 Å². The number of halogens is 1. The Bertz CT molecular complexity index is 1050. The number of fused-ring (bicyclic) bond motifs is 1. The van der Waals surface area contributed by atoms with Crippen LogP contribution >= 0.6 is 11.6 Å². The van der Waals surface area contributed by atoms with Gasteiger partial charge in [-0.1, -0.05) is 23.7 Å². The van der Waals surface area contributed by atoms with Crippen molar-refractivity contribution in [3.05, 3.63) is 63.0 Å². The van der Waals surface area contributed by atoms with Crippen LogP contribution in [0.5, 0.6) is 5.75 Å². The summed E-state index contributed by atoms with van der Waals surface area (Å²) in [6, 6.07) is 10.2. The Hall–Kier alpha value is -2.38. The van der Waals surface area contributed by atoms with E-state index in [0.717, 1.165) is 5.56 Å². The standard InChI is InChI=1S/C23H26ClNO5/c1-15-21(16-4-6-17(24)7-5-16)22(27)18-8-9-20(26)19(23(18)30-15)14-25(10-12-28-2)11-13-29-3/h4-9,26H,10-14H2,1-3H3. The summed E-state index contributed by atoms with van der Waals surface area (Å²) in [6.07, 6.45) is 0. The normalized spacial score (nSPS) is 11.5. The molecule has 2 aromatic carbocycles. The summed E-state index contributed by atoms with van der Waals surface area (Å²) in [5, 5.41) is 11.6. The van der Waals surface area contributed by atoms with Crippen LogP contribution in [0.3, 0.4) is 0 Å². The molecule has 0 unspecified atom stereocenters. The van der Waals surface area contributed by atoms with E-state index in [1.165, 1.54) is 0 Å². The molecule has 3 rings (SSSR count). The molecular formula is C23H26ClNO5. The van der Waals surface area contributed by atoms with Crippen molar-refractivity contribution < 1.29 is 19.0 Å². The molecule has 0 aliphatic heterocycles. The summed E-state index contributed by atoms with van der Waals surface area (Å²) < 4.78 is 16.5. The van der Waals surface area contributed by atoms with E-state index in [1.807, 2.05) is 0 Å². The zero-order chi connectivity index (χ0) is 21.7. The van der Waals surface area contributed by atoms with E-state index in [-0.39, 0.29) is 11.2 Å². The minimum Gasteiger partial charge on any atom is -0.507 e. The zero-order valence-electron chi connectivity index (χ0n) is 17.4. The number of aryl methyl sites for hydroxylation is 1. The van der Waals surface area contributed by atoms with E-state index in [0.29, 0.717) is 65.7 Å². The second-order valence-corrected chi connectivity index (χ2v) is 7.51. The SMILES string of the molecule is COCCN(CCOC)Cc1c(O)ccc2c(=O)c(-c3ccc(Cl)cc3)c(C)oc12. The fourth-order valence-electron chi connectivity index (χ4n) is 3.45. The summed E-state index contributed by atoms with van der Waals surface area (Å²) in [4.78, 5) is 15.4. The van der Waals surface area contributed by atoms with E-state index in [9.17, 15) is 9.90 Å². The molecule has 1 aromatic heterocycles. The van der Waals surface area contributed by atoms with Crippen LogP contribution < -0.4 is 5.43 Å². The van der Waals surface area contributed by atoms with Crippen molar-refractivity contribution >= 4 is 22.6 Å². The van der Waals surface area contributed by atoms with Crippen molar-refractivity contribution in [2.75, 3.05) is 40.5 Å². The Morgan fingerprint density at radius 1 is 1.03 bits per heavy atom. The second kappa shape index (κ2) is 10.1. The lowest BCUT2D eigenvalue weighted by Crippen LogP contribution is -2.30. The first-order chi connectivity index (χ1) is 14.5. The quantitative estimate of drug-likeness (QED) is 0.546. The van der Waals surface area contributed by atoms with Gasteiger partial charge in [-0.15, -0.1) is 0 Å². The molecule has 30 heavy (non-hydrogen) atoms. The second-order valence-electron chi connectivity index (χ2n) is 7.07. The van der Waals surface area contributed by atoms with E-state index in [2.05, 4.69) is 4.90 Å². The molecule has 0 spiro atoms. The highest BCUT2D eigenvalue weighted by Crippen LogP contribution is 2.31. The molecule has 0 saturated heterocycles. The molecule has 0 aliphatic rings. The molecule has 3 aromatic rings. The van der Waals surface area contributed by atoms with Gasteiger partial charge in [-0.3, -0.25) is 9.69 Å². The first-order valence-electron chi connectivity index (χ1n) is 9.70. The summed E-state index contributed by atoms with van der Waals surface area (Å²) in [5.74, 6) is 0.575. The summed E-state index contributed by atoms with van der Waals surface area (Å²) >= 11 is 5.98. The van der Waals surface area contributed by atoms with Gasteiger partial charge in [0.1, 0.15) is 17.1 Å². The predicted octanol–water partition coefficient (Wildman–Crippen LogP) is 4.22. The fraction of sp³-hybridized carbons (Fsp3) is 0.348. The number of rotatable bonds is 9. The van der Waals surface area contributed by atoms with Gasteiger partial charge in [0.05, 0.1) is 29.7 Å². The highest BCUT2D eigenvalue weighted by Gasteiger charge is 2.19. The lowest BCUT2D eigenvalue weighted by Gasteiger charge is -2.22. The lowest BCUT2D eigenvalue weighted by molar-refractivity contribution is 0.110.